The third kappa shape index (κ3) is 3.47. The van der Waals surface area contributed by atoms with Crippen molar-refractivity contribution in [3.05, 3.63) is 60.7 Å². The van der Waals surface area contributed by atoms with Crippen LogP contribution in [0.4, 0.5) is 0 Å². The molecule has 0 unspecified atom stereocenters. The first kappa shape index (κ1) is 13.4. The van der Waals surface area contributed by atoms with E-state index in [-0.39, 0.29) is 0 Å². The minimum absolute atomic E-state index is 0.760. The molecule has 0 saturated carbocycles. The second-order valence-electron chi connectivity index (χ2n) is 4.52. The summed E-state index contributed by atoms with van der Waals surface area (Å²) in [6, 6.07) is 16.6. The highest BCUT2D eigenvalue weighted by Gasteiger charge is 2.04. The van der Waals surface area contributed by atoms with E-state index in [1.165, 1.54) is 11.1 Å². The minimum atomic E-state index is 0.760. The first-order valence-electron chi connectivity index (χ1n) is 6.80. The van der Waals surface area contributed by atoms with E-state index in [1.807, 2.05) is 24.3 Å². The summed E-state index contributed by atoms with van der Waals surface area (Å²) in [5.41, 5.74) is 3.44. The molecule has 0 aliphatic rings. The van der Waals surface area contributed by atoms with Crippen molar-refractivity contribution in [1.29, 1.82) is 0 Å². The Hall–Kier alpha value is -2.02. The van der Waals surface area contributed by atoms with Gasteiger partial charge in [-0.1, -0.05) is 68.5 Å². The van der Waals surface area contributed by atoms with E-state index < -0.39 is 0 Å². The van der Waals surface area contributed by atoms with Crippen LogP contribution in [0.1, 0.15) is 25.3 Å². The van der Waals surface area contributed by atoms with Gasteiger partial charge in [0.2, 0.25) is 0 Å². The fourth-order valence-electron chi connectivity index (χ4n) is 1.96. The van der Waals surface area contributed by atoms with Gasteiger partial charge in [-0.3, -0.25) is 0 Å². The first-order chi connectivity index (χ1) is 9.35. The molecule has 0 N–H and O–H groups in total. The zero-order valence-electron chi connectivity index (χ0n) is 11.4. The number of unbranched alkanes of at least 4 members (excludes halogenated alkanes) is 1. The van der Waals surface area contributed by atoms with Crippen LogP contribution in [-0.2, 0) is 0 Å². The molecule has 0 spiro atoms. The molecule has 1 nitrogen and oxygen atoms in total. The highest BCUT2D eigenvalue weighted by molar-refractivity contribution is 5.69. The Morgan fingerprint density at radius 1 is 1.05 bits per heavy atom. The van der Waals surface area contributed by atoms with E-state index in [4.69, 9.17) is 4.74 Å². The summed E-state index contributed by atoms with van der Waals surface area (Å²) in [6.45, 7) is 6.77. The molecular weight excluding hydrogens is 232 g/mol. The summed E-state index contributed by atoms with van der Waals surface area (Å²) < 4.78 is 5.86. The van der Waals surface area contributed by atoms with Crippen LogP contribution in [0.25, 0.3) is 17.2 Å². The van der Waals surface area contributed by atoms with Crippen LogP contribution < -0.4 is 4.74 Å². The zero-order valence-corrected chi connectivity index (χ0v) is 11.4. The van der Waals surface area contributed by atoms with Crippen molar-refractivity contribution >= 4 is 6.08 Å². The molecule has 0 radical (unpaired) electrons. The minimum Gasteiger partial charge on any atom is -0.493 e. The molecule has 19 heavy (non-hydrogen) atoms. The highest BCUT2D eigenvalue weighted by Crippen LogP contribution is 2.28. The van der Waals surface area contributed by atoms with Gasteiger partial charge in [0.1, 0.15) is 5.75 Å². The Balaban J connectivity index is 2.27. The number of rotatable bonds is 6. The van der Waals surface area contributed by atoms with Crippen LogP contribution in [0.15, 0.2) is 55.1 Å². The molecule has 0 atom stereocenters. The molecule has 0 aliphatic heterocycles. The molecule has 2 aromatic carbocycles. The van der Waals surface area contributed by atoms with Crippen molar-refractivity contribution in [3.8, 4) is 16.9 Å². The van der Waals surface area contributed by atoms with Crippen LogP contribution in [0.5, 0.6) is 5.75 Å². The molecular formula is C18H20O. The van der Waals surface area contributed by atoms with E-state index in [9.17, 15) is 0 Å². The second kappa shape index (κ2) is 6.79. The van der Waals surface area contributed by atoms with Gasteiger partial charge in [0, 0.05) is 5.56 Å². The molecule has 0 aromatic heterocycles. The van der Waals surface area contributed by atoms with Gasteiger partial charge < -0.3 is 4.74 Å². The van der Waals surface area contributed by atoms with Gasteiger partial charge in [0.15, 0.2) is 0 Å². The van der Waals surface area contributed by atoms with Crippen LogP contribution in [0, 0.1) is 0 Å². The third-order valence-corrected chi connectivity index (χ3v) is 3.10. The normalized spacial score (nSPS) is 10.2. The summed E-state index contributed by atoms with van der Waals surface area (Å²) in [7, 11) is 0. The van der Waals surface area contributed by atoms with Gasteiger partial charge in [-0.05, 0) is 23.6 Å². The SMILES string of the molecule is C=Cc1ccc(-c2ccccc2)cc1OCCCC. The zero-order chi connectivity index (χ0) is 13.5. The number of hydrogen-bond acceptors (Lipinski definition) is 1. The molecule has 0 saturated heterocycles. The largest absolute Gasteiger partial charge is 0.493 e. The predicted octanol–water partition coefficient (Wildman–Crippen LogP) is 5.18. The van der Waals surface area contributed by atoms with Crippen LogP contribution in [0.2, 0.25) is 0 Å². The fraction of sp³-hybridized carbons (Fsp3) is 0.222. The molecule has 0 aliphatic carbocycles. The lowest BCUT2D eigenvalue weighted by Crippen LogP contribution is -1.98. The van der Waals surface area contributed by atoms with E-state index in [0.29, 0.717) is 0 Å². The maximum atomic E-state index is 5.86. The summed E-state index contributed by atoms with van der Waals surface area (Å²) in [5, 5.41) is 0. The molecule has 98 valence electrons. The van der Waals surface area contributed by atoms with Gasteiger partial charge in [-0.2, -0.15) is 0 Å². The Kier molecular flexibility index (Phi) is 4.79. The summed E-state index contributed by atoms with van der Waals surface area (Å²) in [4.78, 5) is 0. The van der Waals surface area contributed by atoms with Gasteiger partial charge in [-0.25, -0.2) is 0 Å². The monoisotopic (exact) mass is 252 g/mol. The van der Waals surface area contributed by atoms with E-state index in [0.717, 1.165) is 30.8 Å². The molecule has 2 rings (SSSR count). The number of benzene rings is 2. The lowest BCUT2D eigenvalue weighted by molar-refractivity contribution is 0.309. The van der Waals surface area contributed by atoms with Crippen LogP contribution >= 0.6 is 0 Å². The lowest BCUT2D eigenvalue weighted by Gasteiger charge is -2.11. The van der Waals surface area contributed by atoms with Crippen molar-refractivity contribution in [3.63, 3.8) is 0 Å². The maximum Gasteiger partial charge on any atom is 0.127 e. The maximum absolute atomic E-state index is 5.86. The lowest BCUT2D eigenvalue weighted by atomic mass is 10.0. The van der Waals surface area contributed by atoms with E-state index in [2.05, 4.69) is 43.8 Å². The molecule has 2 aromatic rings. The van der Waals surface area contributed by atoms with Gasteiger partial charge in [-0.15, -0.1) is 0 Å². The standard InChI is InChI=1S/C18H20O/c1-3-5-13-19-18-14-17(12-11-15(18)4-2)16-9-7-6-8-10-16/h4,6-12,14H,2-3,5,13H2,1H3. The molecule has 0 amide bonds. The van der Waals surface area contributed by atoms with Gasteiger partial charge in [0.25, 0.3) is 0 Å². The Morgan fingerprint density at radius 3 is 2.53 bits per heavy atom. The highest BCUT2D eigenvalue weighted by atomic mass is 16.5. The molecule has 0 heterocycles. The van der Waals surface area contributed by atoms with Gasteiger partial charge >= 0.3 is 0 Å². The molecule has 1 heteroatoms. The van der Waals surface area contributed by atoms with Crippen LogP contribution in [-0.4, -0.2) is 6.61 Å². The third-order valence-electron chi connectivity index (χ3n) is 3.10. The van der Waals surface area contributed by atoms with E-state index in [1.54, 1.807) is 0 Å². The second-order valence-corrected chi connectivity index (χ2v) is 4.52. The molecule has 0 bridgehead atoms. The summed E-state index contributed by atoms with van der Waals surface area (Å²) in [6.07, 6.45) is 4.06. The summed E-state index contributed by atoms with van der Waals surface area (Å²) >= 11 is 0. The number of ether oxygens (including phenoxy) is 1. The topological polar surface area (TPSA) is 9.23 Å². The first-order valence-corrected chi connectivity index (χ1v) is 6.80. The predicted molar refractivity (Wildman–Crippen MR) is 82.4 cm³/mol. The smallest absolute Gasteiger partial charge is 0.127 e. The van der Waals surface area contributed by atoms with Crippen LogP contribution in [0.3, 0.4) is 0 Å². The summed E-state index contributed by atoms with van der Waals surface area (Å²) in [5.74, 6) is 0.921. The average Bonchev–Trinajstić information content (AvgIpc) is 2.48. The van der Waals surface area contributed by atoms with E-state index >= 15 is 0 Å². The van der Waals surface area contributed by atoms with Crippen molar-refractivity contribution in [2.24, 2.45) is 0 Å². The average molecular weight is 252 g/mol. The van der Waals surface area contributed by atoms with Gasteiger partial charge in [0.05, 0.1) is 6.61 Å². The Morgan fingerprint density at radius 2 is 1.84 bits per heavy atom. The number of hydrogen-bond donors (Lipinski definition) is 0. The molecule has 0 fully saturated rings. The van der Waals surface area contributed by atoms with Crippen molar-refractivity contribution in [2.45, 2.75) is 19.8 Å². The van der Waals surface area contributed by atoms with Crippen molar-refractivity contribution in [1.82, 2.24) is 0 Å². The Labute approximate surface area is 115 Å². The van der Waals surface area contributed by atoms with Crippen molar-refractivity contribution < 1.29 is 4.74 Å². The quantitative estimate of drug-likeness (QED) is 0.644. The van der Waals surface area contributed by atoms with Crippen molar-refractivity contribution in [2.75, 3.05) is 6.61 Å². The Bertz CT molecular complexity index is 529. The fourth-order valence-corrected chi connectivity index (χ4v) is 1.96.